The molecule has 0 radical (unpaired) electrons. The van der Waals surface area contributed by atoms with E-state index in [-0.39, 0.29) is 28.8 Å². The van der Waals surface area contributed by atoms with E-state index in [0.717, 1.165) is 28.5 Å². The maximum absolute atomic E-state index is 5.43. The van der Waals surface area contributed by atoms with E-state index in [9.17, 15) is 0 Å². The van der Waals surface area contributed by atoms with Gasteiger partial charge in [0.2, 0.25) is 5.95 Å². The molecule has 350 valence electrons. The highest BCUT2D eigenvalue weighted by atomic mass is 32.1. The first-order chi connectivity index (χ1) is 35.7. The van der Waals surface area contributed by atoms with E-state index in [0.29, 0.717) is 5.92 Å². The number of para-hydroxylation sites is 1. The van der Waals surface area contributed by atoms with Gasteiger partial charge in [-0.2, -0.15) is 0 Å². The summed E-state index contributed by atoms with van der Waals surface area (Å²) in [6, 6.07) is 81.3. The minimum Gasteiger partial charge on any atom is -0.333 e. The number of aromatic nitrogens is 2. The Morgan fingerprint density at radius 1 is 0.370 bits per heavy atom. The van der Waals surface area contributed by atoms with Gasteiger partial charge in [0.15, 0.2) is 0 Å². The number of nitrogens with zero attached hydrogens (tertiary/aromatic N) is 4. The minimum absolute atomic E-state index is 0.0244. The largest absolute Gasteiger partial charge is 0.333 e. The van der Waals surface area contributed by atoms with Gasteiger partial charge in [0.1, 0.15) is 0 Å². The molecule has 2 aliphatic carbocycles. The van der Waals surface area contributed by atoms with Gasteiger partial charge in [-0.3, -0.25) is 0 Å². The second kappa shape index (κ2) is 15.7. The molecule has 0 bridgehead atoms. The van der Waals surface area contributed by atoms with Crippen molar-refractivity contribution in [1.29, 1.82) is 0 Å². The molecular weight excluding hydrogens is 905 g/mol. The Morgan fingerprint density at radius 3 is 1.29 bits per heavy atom. The first kappa shape index (κ1) is 42.6. The molecule has 0 N–H and O–H groups in total. The third-order valence-corrected chi connectivity index (χ3v) is 18.3. The summed E-state index contributed by atoms with van der Waals surface area (Å²) in [5.74, 6) is 1.24. The fourth-order valence-corrected chi connectivity index (χ4v) is 14.9. The SMILES string of the molecule is CC1(C)c2ccccc2C2C1c1cc(-c3ccc4sc5ccc(-c6ccc7c(c6)[C@H]6C(c8ccccc8C6(C)C)N7c6ccccc6)cc5c4c3)ccc1N2c1nc(-c2ccccc2)cc(-c2ccccc2)n1. The lowest BCUT2D eigenvalue weighted by molar-refractivity contribution is 0.419. The fourth-order valence-electron chi connectivity index (χ4n) is 13.9. The van der Waals surface area contributed by atoms with Crippen LogP contribution < -0.4 is 9.80 Å². The van der Waals surface area contributed by atoms with Crippen LogP contribution in [0.2, 0.25) is 0 Å². The molecular formula is C68H52N4S. The van der Waals surface area contributed by atoms with Crippen LogP contribution in [0.4, 0.5) is 23.0 Å². The van der Waals surface area contributed by atoms with Gasteiger partial charge >= 0.3 is 0 Å². The molecule has 73 heavy (non-hydrogen) atoms. The Kier molecular flexibility index (Phi) is 9.15. The van der Waals surface area contributed by atoms with Crippen molar-refractivity contribution in [3.05, 3.63) is 252 Å². The summed E-state index contributed by atoms with van der Waals surface area (Å²) < 4.78 is 2.62. The standard InChI is InChI=1S/C68H52N4S/c1-67(2)54-26-16-14-24-48(54)64-62(67)52-38-43(28-32-58(52)71(64)47-22-12-7-13-23-47)45-30-34-60-50(36-45)51-37-46(31-35-61(51)73-60)44-29-33-59-53(39-44)63-65(49-25-15-17-27-55(49)68(63,3)4)72(59)66-69-56(41-18-8-5-9-19-41)40-57(70-66)42-20-10-6-11-21-42/h5-40,62-65H,1-4H3/t62-,63?,64?,65?/m0/s1. The summed E-state index contributed by atoms with van der Waals surface area (Å²) >= 11 is 1.89. The number of hydrogen-bond acceptors (Lipinski definition) is 5. The topological polar surface area (TPSA) is 32.3 Å². The van der Waals surface area contributed by atoms with Crippen LogP contribution >= 0.6 is 11.3 Å². The van der Waals surface area contributed by atoms with E-state index in [1.807, 2.05) is 11.3 Å². The van der Waals surface area contributed by atoms with Crippen molar-refractivity contribution in [2.45, 2.75) is 62.4 Å². The predicted octanol–water partition coefficient (Wildman–Crippen LogP) is 18.0. The number of benzene rings is 9. The molecule has 11 aromatic rings. The number of anilines is 4. The molecule has 4 aliphatic rings. The molecule has 0 spiro atoms. The van der Waals surface area contributed by atoms with Crippen LogP contribution in [0.25, 0.3) is 64.9 Å². The molecule has 15 rings (SSSR count). The molecule has 2 aromatic heterocycles. The van der Waals surface area contributed by atoms with Crippen LogP contribution in [0.5, 0.6) is 0 Å². The Labute approximate surface area is 430 Å². The van der Waals surface area contributed by atoms with Crippen LogP contribution in [0, 0.1) is 0 Å². The van der Waals surface area contributed by atoms with Crippen molar-refractivity contribution >= 4 is 54.5 Å². The third kappa shape index (κ3) is 6.25. The smallest absolute Gasteiger partial charge is 0.231 e. The summed E-state index contributed by atoms with van der Waals surface area (Å²) in [5.41, 5.74) is 21.0. The summed E-state index contributed by atoms with van der Waals surface area (Å²) in [4.78, 5) is 15.9. The number of thiophene rings is 1. The zero-order valence-corrected chi connectivity index (χ0v) is 42.1. The van der Waals surface area contributed by atoms with Crippen molar-refractivity contribution in [2.75, 3.05) is 9.80 Å². The van der Waals surface area contributed by atoms with Crippen molar-refractivity contribution in [3.8, 4) is 44.8 Å². The quantitative estimate of drug-likeness (QED) is 0.166. The summed E-state index contributed by atoms with van der Waals surface area (Å²) in [5, 5.41) is 2.61. The van der Waals surface area contributed by atoms with Gasteiger partial charge < -0.3 is 9.80 Å². The molecule has 4 nitrogen and oxygen atoms in total. The maximum atomic E-state index is 5.43. The van der Waals surface area contributed by atoms with Crippen molar-refractivity contribution in [2.24, 2.45) is 0 Å². The van der Waals surface area contributed by atoms with Crippen molar-refractivity contribution in [1.82, 2.24) is 9.97 Å². The lowest BCUT2D eigenvalue weighted by Gasteiger charge is -2.30. The second-order valence-corrected chi connectivity index (χ2v) is 22.9. The lowest BCUT2D eigenvalue weighted by atomic mass is 9.74. The number of fused-ring (bicyclic) bond motifs is 13. The number of rotatable bonds is 6. The Morgan fingerprint density at radius 2 is 0.781 bits per heavy atom. The van der Waals surface area contributed by atoms with Crippen molar-refractivity contribution in [3.63, 3.8) is 0 Å². The van der Waals surface area contributed by atoms with Gasteiger partial charge in [-0.05, 0) is 133 Å². The molecule has 0 amide bonds. The zero-order chi connectivity index (χ0) is 48.7. The molecule has 0 fully saturated rings. The molecule has 9 aromatic carbocycles. The Hall–Kier alpha value is -8.12. The van der Waals surface area contributed by atoms with Crippen LogP contribution in [-0.4, -0.2) is 9.97 Å². The van der Waals surface area contributed by atoms with E-state index >= 15 is 0 Å². The first-order valence-corrected chi connectivity index (χ1v) is 26.6. The van der Waals surface area contributed by atoms with Crippen molar-refractivity contribution < 1.29 is 0 Å². The average molecular weight is 957 g/mol. The van der Waals surface area contributed by atoms with Crippen LogP contribution in [0.1, 0.15) is 85.0 Å². The van der Waals surface area contributed by atoms with E-state index in [1.165, 1.54) is 92.9 Å². The van der Waals surface area contributed by atoms with E-state index in [1.54, 1.807) is 0 Å². The Bertz CT molecular complexity index is 3970. The summed E-state index contributed by atoms with van der Waals surface area (Å²) in [7, 11) is 0. The second-order valence-electron chi connectivity index (χ2n) is 21.8. The van der Waals surface area contributed by atoms with Crippen LogP contribution in [-0.2, 0) is 10.8 Å². The number of hydrogen-bond donors (Lipinski definition) is 0. The van der Waals surface area contributed by atoms with Gasteiger partial charge in [-0.25, -0.2) is 9.97 Å². The van der Waals surface area contributed by atoms with Gasteiger partial charge in [-0.15, -0.1) is 11.3 Å². The summed E-state index contributed by atoms with van der Waals surface area (Å²) in [6.07, 6.45) is 0. The average Bonchev–Trinajstić information content (AvgIpc) is 4.20. The fraction of sp³-hybridized carbons (Fsp3) is 0.147. The van der Waals surface area contributed by atoms with E-state index in [4.69, 9.17) is 9.97 Å². The molecule has 0 saturated carbocycles. The lowest BCUT2D eigenvalue weighted by Crippen LogP contribution is -2.26. The molecule has 4 heterocycles. The zero-order valence-electron chi connectivity index (χ0n) is 41.3. The van der Waals surface area contributed by atoms with Crippen LogP contribution in [0.3, 0.4) is 0 Å². The molecule has 5 heteroatoms. The molecule has 2 aliphatic heterocycles. The van der Waals surface area contributed by atoms with Gasteiger partial charge in [-0.1, -0.05) is 179 Å². The van der Waals surface area contributed by atoms with Gasteiger partial charge in [0.05, 0.1) is 23.5 Å². The minimum atomic E-state index is -0.137. The monoisotopic (exact) mass is 956 g/mol. The van der Waals surface area contributed by atoms with Gasteiger partial charge in [0.25, 0.3) is 0 Å². The third-order valence-electron chi connectivity index (χ3n) is 17.2. The first-order valence-electron chi connectivity index (χ1n) is 25.8. The van der Waals surface area contributed by atoms with Crippen LogP contribution in [0.15, 0.2) is 218 Å². The highest BCUT2D eigenvalue weighted by Gasteiger charge is 2.56. The van der Waals surface area contributed by atoms with E-state index in [2.05, 4.69) is 256 Å². The highest BCUT2D eigenvalue weighted by Crippen LogP contribution is 2.66. The van der Waals surface area contributed by atoms with Gasteiger partial charge in [0, 0.05) is 60.2 Å². The molecule has 4 atom stereocenters. The predicted molar refractivity (Wildman–Crippen MR) is 304 cm³/mol. The maximum Gasteiger partial charge on any atom is 0.231 e. The highest BCUT2D eigenvalue weighted by molar-refractivity contribution is 7.25. The summed E-state index contributed by atoms with van der Waals surface area (Å²) in [6.45, 7) is 9.76. The normalized spacial score (nSPS) is 19.4. The van der Waals surface area contributed by atoms with E-state index < -0.39 is 0 Å². The molecule has 3 unspecified atom stereocenters. The molecule has 0 saturated heterocycles. The Balaban J connectivity index is 0.842.